The van der Waals surface area contributed by atoms with Crippen molar-refractivity contribution < 1.29 is 27.4 Å². The molecule has 0 spiro atoms. The van der Waals surface area contributed by atoms with Gasteiger partial charge in [0.05, 0.1) is 0 Å². The van der Waals surface area contributed by atoms with E-state index in [-0.39, 0.29) is 11.9 Å². The average Bonchev–Trinajstić information content (AvgIpc) is 3.11. The zero-order valence-corrected chi connectivity index (χ0v) is 16.7. The predicted octanol–water partition coefficient (Wildman–Crippen LogP) is 4.56. The molecule has 30 heavy (non-hydrogen) atoms. The highest BCUT2D eigenvalue weighted by Crippen LogP contribution is 2.36. The maximum Gasteiger partial charge on any atom is 0.422 e. The van der Waals surface area contributed by atoms with Gasteiger partial charge in [0, 0.05) is 12.8 Å². The predicted molar refractivity (Wildman–Crippen MR) is 104 cm³/mol. The normalized spacial score (nSPS) is 15.8. The first-order valence-corrected chi connectivity index (χ1v) is 10.1. The Morgan fingerprint density at radius 3 is 2.57 bits per heavy atom. The lowest BCUT2D eigenvalue weighted by Crippen LogP contribution is -2.24. The van der Waals surface area contributed by atoms with E-state index in [0.717, 1.165) is 5.56 Å². The van der Waals surface area contributed by atoms with E-state index in [1.807, 2.05) is 35.9 Å². The van der Waals surface area contributed by atoms with E-state index in [0.29, 0.717) is 34.8 Å². The van der Waals surface area contributed by atoms with Gasteiger partial charge in [-0.2, -0.15) is 13.2 Å². The molecule has 0 saturated heterocycles. The molecule has 1 unspecified atom stereocenters. The number of para-hydroxylation sites is 2. The number of aromatic nitrogens is 3. The summed E-state index contributed by atoms with van der Waals surface area (Å²) in [5, 5.41) is 9.17. The standard InChI is InChI=1S/C20H18F3N3O3S/c1-26-18(17-10-27-15-4-2-3-5-16(15)29-17)24-25-19(26)30-11-13-6-8-14(9-7-13)28-12-20(21,22)23/h2-9,17H,10-12H2,1H3. The second kappa shape index (κ2) is 8.47. The fraction of sp³-hybridized carbons (Fsp3) is 0.300. The topological polar surface area (TPSA) is 58.4 Å². The number of thioether (sulfide) groups is 1. The van der Waals surface area contributed by atoms with Crippen LogP contribution in [-0.2, 0) is 12.8 Å². The molecule has 0 amide bonds. The number of fused-ring (bicyclic) bond motifs is 1. The third kappa shape index (κ3) is 4.81. The number of benzene rings is 2. The molecular weight excluding hydrogens is 419 g/mol. The summed E-state index contributed by atoms with van der Waals surface area (Å²) in [5.41, 5.74) is 0.926. The number of hydrogen-bond acceptors (Lipinski definition) is 6. The molecule has 0 aliphatic carbocycles. The SMILES string of the molecule is Cn1c(SCc2ccc(OCC(F)(F)F)cc2)nnc1C1COc2ccccc2O1. The van der Waals surface area contributed by atoms with Gasteiger partial charge in [-0.15, -0.1) is 10.2 Å². The monoisotopic (exact) mass is 437 g/mol. The smallest absolute Gasteiger partial charge is 0.422 e. The van der Waals surface area contributed by atoms with Crippen molar-refractivity contribution in [1.82, 2.24) is 14.8 Å². The van der Waals surface area contributed by atoms with Crippen LogP contribution in [0.4, 0.5) is 13.2 Å². The Hall–Kier alpha value is -2.88. The van der Waals surface area contributed by atoms with Crippen LogP contribution < -0.4 is 14.2 Å². The summed E-state index contributed by atoms with van der Waals surface area (Å²) in [6.45, 7) is -0.965. The van der Waals surface area contributed by atoms with Crippen LogP contribution in [0.5, 0.6) is 17.2 Å². The van der Waals surface area contributed by atoms with E-state index in [4.69, 9.17) is 14.2 Å². The minimum Gasteiger partial charge on any atom is -0.485 e. The molecule has 1 atom stereocenters. The van der Waals surface area contributed by atoms with E-state index in [9.17, 15) is 13.2 Å². The van der Waals surface area contributed by atoms with Crippen molar-refractivity contribution in [3.8, 4) is 17.2 Å². The number of hydrogen-bond donors (Lipinski definition) is 0. The first-order valence-electron chi connectivity index (χ1n) is 9.08. The Balaban J connectivity index is 1.36. The summed E-state index contributed by atoms with van der Waals surface area (Å²) in [4.78, 5) is 0. The average molecular weight is 437 g/mol. The minimum atomic E-state index is -4.35. The van der Waals surface area contributed by atoms with Crippen LogP contribution in [0, 0.1) is 0 Å². The van der Waals surface area contributed by atoms with Crippen LogP contribution >= 0.6 is 11.8 Å². The van der Waals surface area contributed by atoms with Crippen molar-refractivity contribution in [3.63, 3.8) is 0 Å². The molecule has 4 rings (SSSR count). The summed E-state index contributed by atoms with van der Waals surface area (Å²) in [6, 6.07) is 14.0. The third-order valence-corrected chi connectivity index (χ3v) is 5.45. The molecule has 158 valence electrons. The molecular formula is C20H18F3N3O3S. The van der Waals surface area contributed by atoms with Gasteiger partial charge in [-0.3, -0.25) is 0 Å². The lowest BCUT2D eigenvalue weighted by atomic mass is 10.2. The van der Waals surface area contributed by atoms with Crippen LogP contribution in [0.25, 0.3) is 0 Å². The molecule has 0 fully saturated rings. The van der Waals surface area contributed by atoms with Crippen LogP contribution in [0.2, 0.25) is 0 Å². The fourth-order valence-corrected chi connectivity index (χ4v) is 3.75. The summed E-state index contributed by atoms with van der Waals surface area (Å²) < 4.78 is 54.9. The molecule has 1 aromatic heterocycles. The Bertz CT molecular complexity index is 1010. The van der Waals surface area contributed by atoms with E-state index in [2.05, 4.69) is 10.2 Å². The maximum atomic E-state index is 12.2. The number of halogens is 3. The van der Waals surface area contributed by atoms with Gasteiger partial charge in [-0.1, -0.05) is 36.0 Å². The molecule has 1 aliphatic rings. The molecule has 0 N–H and O–H groups in total. The molecule has 2 heterocycles. The van der Waals surface area contributed by atoms with Gasteiger partial charge in [0.2, 0.25) is 0 Å². The van der Waals surface area contributed by atoms with Gasteiger partial charge in [0.25, 0.3) is 0 Å². The van der Waals surface area contributed by atoms with Crippen LogP contribution in [-0.4, -0.2) is 34.2 Å². The molecule has 2 aromatic carbocycles. The van der Waals surface area contributed by atoms with Crippen LogP contribution in [0.15, 0.2) is 53.7 Å². The van der Waals surface area contributed by atoms with Gasteiger partial charge in [0.1, 0.15) is 12.4 Å². The van der Waals surface area contributed by atoms with Crippen molar-refractivity contribution in [1.29, 1.82) is 0 Å². The summed E-state index contributed by atoms with van der Waals surface area (Å²) >= 11 is 1.47. The van der Waals surface area contributed by atoms with Gasteiger partial charge < -0.3 is 18.8 Å². The third-order valence-electron chi connectivity index (χ3n) is 4.36. The minimum absolute atomic E-state index is 0.178. The first kappa shape index (κ1) is 20.4. The number of nitrogens with zero attached hydrogens (tertiary/aromatic N) is 3. The number of alkyl halides is 3. The highest BCUT2D eigenvalue weighted by atomic mass is 32.2. The maximum absolute atomic E-state index is 12.2. The van der Waals surface area contributed by atoms with Gasteiger partial charge >= 0.3 is 6.18 Å². The van der Waals surface area contributed by atoms with Gasteiger partial charge in [0.15, 0.2) is 35.2 Å². The lowest BCUT2D eigenvalue weighted by Gasteiger charge is -2.25. The highest BCUT2D eigenvalue weighted by molar-refractivity contribution is 7.98. The van der Waals surface area contributed by atoms with Crippen molar-refractivity contribution in [2.45, 2.75) is 23.2 Å². The van der Waals surface area contributed by atoms with Crippen molar-refractivity contribution >= 4 is 11.8 Å². The molecule has 6 nitrogen and oxygen atoms in total. The van der Waals surface area contributed by atoms with Gasteiger partial charge in [-0.25, -0.2) is 0 Å². The quantitative estimate of drug-likeness (QED) is 0.527. The molecule has 1 aliphatic heterocycles. The summed E-state index contributed by atoms with van der Waals surface area (Å²) in [7, 11) is 1.86. The summed E-state index contributed by atoms with van der Waals surface area (Å²) in [6.07, 6.45) is -4.72. The van der Waals surface area contributed by atoms with Gasteiger partial charge in [-0.05, 0) is 29.8 Å². The van der Waals surface area contributed by atoms with E-state index in [1.165, 1.54) is 23.9 Å². The Kier molecular flexibility index (Phi) is 5.76. The van der Waals surface area contributed by atoms with E-state index in [1.54, 1.807) is 12.1 Å². The zero-order chi connectivity index (χ0) is 21.1. The van der Waals surface area contributed by atoms with Crippen LogP contribution in [0.3, 0.4) is 0 Å². The Labute approximate surface area is 175 Å². The summed E-state index contributed by atoms with van der Waals surface area (Å²) in [5.74, 6) is 2.78. The largest absolute Gasteiger partial charge is 0.485 e. The molecule has 0 saturated carbocycles. The molecule has 0 bridgehead atoms. The Morgan fingerprint density at radius 2 is 1.83 bits per heavy atom. The first-order chi connectivity index (χ1) is 14.4. The van der Waals surface area contributed by atoms with E-state index < -0.39 is 12.8 Å². The number of rotatable bonds is 6. The lowest BCUT2D eigenvalue weighted by molar-refractivity contribution is -0.153. The second-order valence-electron chi connectivity index (χ2n) is 6.60. The Morgan fingerprint density at radius 1 is 1.10 bits per heavy atom. The second-order valence-corrected chi connectivity index (χ2v) is 7.54. The zero-order valence-electron chi connectivity index (χ0n) is 15.9. The van der Waals surface area contributed by atoms with Crippen LogP contribution in [0.1, 0.15) is 17.5 Å². The number of ether oxygens (including phenoxy) is 3. The molecule has 10 heteroatoms. The van der Waals surface area contributed by atoms with Crippen molar-refractivity contribution in [2.75, 3.05) is 13.2 Å². The van der Waals surface area contributed by atoms with Crippen molar-refractivity contribution in [3.05, 3.63) is 59.9 Å². The van der Waals surface area contributed by atoms with E-state index >= 15 is 0 Å². The fourth-order valence-electron chi connectivity index (χ4n) is 2.87. The molecule has 0 radical (unpaired) electrons. The van der Waals surface area contributed by atoms with Crippen molar-refractivity contribution in [2.24, 2.45) is 7.05 Å². The highest BCUT2D eigenvalue weighted by Gasteiger charge is 2.29. The molecule has 3 aromatic rings.